The Morgan fingerprint density at radius 3 is 2.49 bits per heavy atom. The average molecular weight is 519 g/mol. The van der Waals surface area contributed by atoms with E-state index in [-0.39, 0.29) is 52.9 Å². The molecule has 6 fully saturated rings. The van der Waals surface area contributed by atoms with E-state index in [4.69, 9.17) is 18.9 Å². The Balaban J connectivity index is 1.16. The van der Waals surface area contributed by atoms with E-state index in [1.54, 1.807) is 6.08 Å². The fraction of sp³-hybridized carbons (Fsp3) is 0.897. The van der Waals surface area contributed by atoms with Crippen molar-refractivity contribution in [1.29, 1.82) is 0 Å². The summed E-state index contributed by atoms with van der Waals surface area (Å²) in [6.07, 6.45) is 6.46. The van der Waals surface area contributed by atoms with Gasteiger partial charge in [-0.3, -0.25) is 0 Å². The fourth-order valence-electron chi connectivity index (χ4n) is 10.4. The van der Waals surface area contributed by atoms with Crippen molar-refractivity contribution in [2.75, 3.05) is 6.61 Å². The molecule has 4 aliphatic carbocycles. The Hall–Kier alpha value is -1.03. The second kappa shape index (κ2) is 8.01. The molecule has 37 heavy (non-hydrogen) atoms. The van der Waals surface area contributed by atoms with E-state index in [1.807, 2.05) is 6.92 Å². The highest BCUT2D eigenvalue weighted by molar-refractivity contribution is 5.85. The van der Waals surface area contributed by atoms with E-state index in [0.717, 1.165) is 56.9 Å². The molecule has 0 aromatic carbocycles. The first-order chi connectivity index (χ1) is 17.5. The van der Waals surface area contributed by atoms with Gasteiger partial charge < -0.3 is 34.3 Å². The van der Waals surface area contributed by atoms with Crippen LogP contribution in [0, 0.1) is 34.5 Å². The first-order valence-corrected chi connectivity index (χ1v) is 14.5. The van der Waals surface area contributed by atoms with Gasteiger partial charge in [0, 0.05) is 17.9 Å². The molecule has 8 heteroatoms. The summed E-state index contributed by atoms with van der Waals surface area (Å²) in [5.74, 6) is -1.20. The number of rotatable bonds is 1. The zero-order valence-corrected chi connectivity index (χ0v) is 22.2. The van der Waals surface area contributed by atoms with E-state index < -0.39 is 23.8 Å². The number of aliphatic hydroxyl groups is 3. The predicted molar refractivity (Wildman–Crippen MR) is 131 cm³/mol. The van der Waals surface area contributed by atoms with Crippen molar-refractivity contribution in [3.05, 3.63) is 11.6 Å². The number of esters is 1. The van der Waals surface area contributed by atoms with Crippen LogP contribution in [0.3, 0.4) is 0 Å². The summed E-state index contributed by atoms with van der Waals surface area (Å²) < 4.78 is 23.8. The van der Waals surface area contributed by atoms with Gasteiger partial charge in [-0.1, -0.05) is 13.8 Å². The molecule has 7 aliphatic rings. The van der Waals surface area contributed by atoms with Crippen LogP contribution in [-0.4, -0.2) is 70.0 Å². The van der Waals surface area contributed by atoms with Gasteiger partial charge >= 0.3 is 5.97 Å². The Bertz CT molecular complexity index is 1010. The van der Waals surface area contributed by atoms with Crippen molar-refractivity contribution in [3.8, 4) is 0 Å². The average Bonchev–Trinajstić information content (AvgIpc) is 3.38. The number of ether oxygens (including phenoxy) is 4. The third-order valence-electron chi connectivity index (χ3n) is 12.3. The van der Waals surface area contributed by atoms with Crippen molar-refractivity contribution >= 4 is 5.97 Å². The second-order valence-electron chi connectivity index (χ2n) is 13.8. The lowest BCUT2D eigenvalue weighted by Gasteiger charge is -2.66. The van der Waals surface area contributed by atoms with Gasteiger partial charge in [0.15, 0.2) is 0 Å². The normalized spacial score (nSPS) is 58.8. The van der Waals surface area contributed by atoms with Crippen LogP contribution >= 0.6 is 0 Å². The zero-order chi connectivity index (χ0) is 26.0. The van der Waals surface area contributed by atoms with Crippen LogP contribution < -0.4 is 0 Å². The minimum atomic E-state index is -1.85. The van der Waals surface area contributed by atoms with E-state index in [0.29, 0.717) is 18.9 Å². The number of fused-ring (bicyclic) bond motifs is 8. The number of aliphatic hydroxyl groups excluding tert-OH is 1. The van der Waals surface area contributed by atoms with E-state index in [1.165, 1.54) is 0 Å². The van der Waals surface area contributed by atoms with Gasteiger partial charge in [-0.05, 0) is 93.0 Å². The summed E-state index contributed by atoms with van der Waals surface area (Å²) >= 11 is 0. The second-order valence-corrected chi connectivity index (χ2v) is 13.8. The topological polar surface area (TPSA) is 115 Å². The first-order valence-electron chi connectivity index (χ1n) is 14.5. The van der Waals surface area contributed by atoms with E-state index in [2.05, 4.69) is 13.8 Å². The van der Waals surface area contributed by atoms with Gasteiger partial charge in [0.2, 0.25) is 12.1 Å². The molecule has 10 unspecified atom stereocenters. The van der Waals surface area contributed by atoms with Crippen LogP contribution in [0.15, 0.2) is 11.6 Å². The molecule has 3 heterocycles. The minimum Gasteiger partial charge on any atom is -0.458 e. The molecule has 0 aromatic rings. The molecule has 7 rings (SSSR count). The Kier molecular flexibility index (Phi) is 5.41. The van der Waals surface area contributed by atoms with Gasteiger partial charge in [-0.15, -0.1) is 0 Å². The van der Waals surface area contributed by atoms with Crippen LogP contribution in [0.25, 0.3) is 0 Å². The number of carbonyl (C=O) groups excluding carboxylic acids is 1. The van der Waals surface area contributed by atoms with Crippen LogP contribution in [0.1, 0.15) is 78.6 Å². The van der Waals surface area contributed by atoms with Crippen LogP contribution in [0.4, 0.5) is 0 Å². The molecule has 3 N–H and O–H groups in total. The summed E-state index contributed by atoms with van der Waals surface area (Å²) in [5.41, 5.74) is -0.0261. The number of carbonyl (C=O) groups is 1. The monoisotopic (exact) mass is 518 g/mol. The molecule has 0 aromatic heterocycles. The first kappa shape index (κ1) is 25.0. The summed E-state index contributed by atoms with van der Waals surface area (Å²) in [5, 5.41) is 34.6. The molecule has 8 nitrogen and oxygen atoms in total. The quantitative estimate of drug-likeness (QED) is 0.359. The SMILES string of the molecule is CC1C[C@@H](O)[C@]2(O)OC3C(CCC4(C)C5CCC6(C)C(C7=CC(=O)OC7)CCC6(O)C5CC[C@@H]34)OC2O1. The maximum absolute atomic E-state index is 12.5. The standard InChI is InChI=1S/C29H42O8/c1-15-12-22(30)29(33)25(35-15)36-21-8-9-26(2)18-6-10-27(3)17(16-13-23(31)34-14-16)7-11-28(27,32)19(18)4-5-20(26)24(21)37-29/h13,15,17-22,24-25,30,32-33H,4-12,14H2,1-3H3/t15?,17?,18?,19?,20-,21?,22+,24?,25?,26?,27?,28?,29-/m0/s1. The smallest absolute Gasteiger partial charge is 0.331 e. The highest BCUT2D eigenvalue weighted by atomic mass is 16.8. The van der Waals surface area contributed by atoms with Crippen LogP contribution in [0.5, 0.6) is 0 Å². The van der Waals surface area contributed by atoms with E-state index in [9.17, 15) is 20.1 Å². The van der Waals surface area contributed by atoms with Crippen molar-refractivity contribution in [1.82, 2.24) is 0 Å². The summed E-state index contributed by atoms with van der Waals surface area (Å²) in [6.45, 7) is 6.85. The molecule has 0 spiro atoms. The molecule has 206 valence electrons. The summed E-state index contributed by atoms with van der Waals surface area (Å²) in [6, 6.07) is 0. The van der Waals surface area contributed by atoms with Crippen molar-refractivity contribution in [2.24, 2.45) is 34.5 Å². The number of cyclic esters (lactones) is 1. The van der Waals surface area contributed by atoms with Gasteiger partial charge in [0.05, 0.1) is 23.9 Å². The lowest BCUT2D eigenvalue weighted by molar-refractivity contribution is -0.463. The third-order valence-corrected chi connectivity index (χ3v) is 12.3. The molecule has 0 radical (unpaired) electrons. The lowest BCUT2D eigenvalue weighted by Crippen LogP contribution is -2.72. The maximum Gasteiger partial charge on any atom is 0.331 e. The van der Waals surface area contributed by atoms with Crippen LogP contribution in [0.2, 0.25) is 0 Å². The molecule has 2 saturated heterocycles. The molecule has 4 saturated carbocycles. The predicted octanol–water partition coefficient (Wildman–Crippen LogP) is 2.82. The van der Waals surface area contributed by atoms with Gasteiger partial charge in [-0.2, -0.15) is 0 Å². The minimum absolute atomic E-state index is 0.0503. The highest BCUT2D eigenvalue weighted by Crippen LogP contribution is 2.70. The molecule has 0 bridgehead atoms. The largest absolute Gasteiger partial charge is 0.458 e. The maximum atomic E-state index is 12.5. The molecular weight excluding hydrogens is 476 g/mol. The van der Waals surface area contributed by atoms with Crippen molar-refractivity contribution in [3.63, 3.8) is 0 Å². The van der Waals surface area contributed by atoms with Crippen LogP contribution in [-0.2, 0) is 23.7 Å². The highest BCUT2D eigenvalue weighted by Gasteiger charge is 2.70. The molecule has 3 aliphatic heterocycles. The summed E-state index contributed by atoms with van der Waals surface area (Å²) in [7, 11) is 0. The Morgan fingerprint density at radius 2 is 1.73 bits per heavy atom. The molecule has 13 atom stereocenters. The lowest BCUT2D eigenvalue weighted by atomic mass is 9.42. The third kappa shape index (κ3) is 3.20. The van der Waals surface area contributed by atoms with E-state index >= 15 is 0 Å². The van der Waals surface area contributed by atoms with Crippen molar-refractivity contribution < 1.29 is 39.1 Å². The molecule has 0 amide bonds. The number of hydrogen-bond acceptors (Lipinski definition) is 8. The number of hydrogen-bond donors (Lipinski definition) is 3. The molecular formula is C29H42O8. The Morgan fingerprint density at radius 1 is 0.946 bits per heavy atom. The van der Waals surface area contributed by atoms with Gasteiger partial charge in [0.25, 0.3) is 0 Å². The summed E-state index contributed by atoms with van der Waals surface area (Å²) in [4.78, 5) is 11.8. The Labute approximate surface area is 218 Å². The van der Waals surface area contributed by atoms with Gasteiger partial charge in [0.1, 0.15) is 12.7 Å². The van der Waals surface area contributed by atoms with Crippen molar-refractivity contribution in [2.45, 2.75) is 121 Å². The van der Waals surface area contributed by atoms with Gasteiger partial charge in [-0.25, -0.2) is 4.79 Å². The zero-order valence-electron chi connectivity index (χ0n) is 22.2. The fourth-order valence-corrected chi connectivity index (χ4v) is 10.4.